The number of carbonyl (C=O) groups is 4. The van der Waals surface area contributed by atoms with Crippen LogP contribution in [-0.4, -0.2) is 61.8 Å². The maximum absolute atomic E-state index is 13.6. The van der Waals surface area contributed by atoms with E-state index in [9.17, 15) is 19.2 Å². The molecule has 2 bridgehead atoms. The molecule has 6 atom stereocenters. The van der Waals surface area contributed by atoms with Crippen LogP contribution in [0.1, 0.15) is 27.1 Å². The highest BCUT2D eigenvalue weighted by Gasteiger charge is 2.76. The summed E-state index contributed by atoms with van der Waals surface area (Å²) in [6.45, 7) is 0.540. The van der Waals surface area contributed by atoms with Gasteiger partial charge in [-0.25, -0.2) is 0 Å². The zero-order valence-electron chi connectivity index (χ0n) is 16.6. The lowest BCUT2D eigenvalue weighted by atomic mass is 9.62. The van der Waals surface area contributed by atoms with E-state index < -0.39 is 29.3 Å². The van der Waals surface area contributed by atoms with Crippen LogP contribution in [0.3, 0.4) is 0 Å². The number of likely N-dealkylation sites (tertiary alicyclic amines) is 1. The first-order valence-corrected chi connectivity index (χ1v) is 9.95. The predicted octanol–water partition coefficient (Wildman–Crippen LogP) is 1.21. The van der Waals surface area contributed by atoms with Crippen molar-refractivity contribution in [3.63, 3.8) is 0 Å². The highest BCUT2D eigenvalue weighted by atomic mass is 16.5. The molecule has 29 heavy (non-hydrogen) atoms. The molecule has 1 spiro atoms. The molecule has 152 valence electrons. The Morgan fingerprint density at radius 1 is 0.931 bits per heavy atom. The molecule has 2 saturated carbocycles. The van der Waals surface area contributed by atoms with Crippen molar-refractivity contribution in [2.45, 2.75) is 12.0 Å². The standard InChI is InChI=1S/C22H23NO6/c1-23-9-14-12-8-13(16(21(27)29-3)15(12)20(26)28-2)17(14)22(23)18(24)10-6-4-5-7-11(10)19(22)25/h4-7,12-17H,8-9H2,1-3H3/t12-,13+,14?,15?,16?,17?/m0/s1. The summed E-state index contributed by atoms with van der Waals surface area (Å²) in [6, 6.07) is 6.93. The van der Waals surface area contributed by atoms with Gasteiger partial charge >= 0.3 is 11.9 Å². The summed E-state index contributed by atoms with van der Waals surface area (Å²) in [5, 5.41) is 0. The first-order chi connectivity index (χ1) is 13.9. The minimum absolute atomic E-state index is 0.0165. The van der Waals surface area contributed by atoms with Gasteiger partial charge in [-0.15, -0.1) is 0 Å². The van der Waals surface area contributed by atoms with Gasteiger partial charge in [0.1, 0.15) is 0 Å². The van der Waals surface area contributed by atoms with Gasteiger partial charge in [0.15, 0.2) is 17.1 Å². The number of hydrogen-bond acceptors (Lipinski definition) is 7. The average molecular weight is 397 g/mol. The fourth-order valence-corrected chi connectivity index (χ4v) is 7.08. The molecular weight excluding hydrogens is 374 g/mol. The molecule has 0 radical (unpaired) electrons. The number of ether oxygens (including phenoxy) is 2. The Hall–Kier alpha value is -2.54. The molecule has 1 aliphatic heterocycles. The lowest BCUT2D eigenvalue weighted by Gasteiger charge is -2.40. The van der Waals surface area contributed by atoms with Gasteiger partial charge in [0.25, 0.3) is 0 Å². The second-order valence-electron chi connectivity index (χ2n) is 8.70. The first-order valence-electron chi connectivity index (χ1n) is 9.95. The van der Waals surface area contributed by atoms with Crippen LogP contribution >= 0.6 is 0 Å². The fourth-order valence-electron chi connectivity index (χ4n) is 7.08. The third-order valence-corrected chi connectivity index (χ3v) is 7.95. The van der Waals surface area contributed by atoms with E-state index in [1.807, 2.05) is 4.90 Å². The topological polar surface area (TPSA) is 90.0 Å². The van der Waals surface area contributed by atoms with Gasteiger partial charge in [0.05, 0.1) is 26.1 Å². The molecule has 1 aromatic rings. The monoisotopic (exact) mass is 397 g/mol. The SMILES string of the molecule is COC(=O)C1C(C(=O)OC)[C@H]2C[C@H]1C1C2CN(C)C12C(=O)c1ccccc1C2=O. The van der Waals surface area contributed by atoms with Gasteiger partial charge < -0.3 is 9.47 Å². The van der Waals surface area contributed by atoms with Gasteiger partial charge in [-0.3, -0.25) is 24.1 Å². The summed E-state index contributed by atoms with van der Waals surface area (Å²) in [5.74, 6) is -3.22. The molecule has 0 aromatic heterocycles. The van der Waals surface area contributed by atoms with E-state index in [2.05, 4.69) is 0 Å². The Bertz CT molecular complexity index is 919. The van der Waals surface area contributed by atoms with Crippen LogP contribution in [0.2, 0.25) is 0 Å². The Morgan fingerprint density at radius 2 is 1.45 bits per heavy atom. The Balaban J connectivity index is 1.64. The van der Waals surface area contributed by atoms with Crippen LogP contribution in [0, 0.1) is 35.5 Å². The summed E-state index contributed by atoms with van der Waals surface area (Å²) in [7, 11) is 4.43. The van der Waals surface area contributed by atoms with Gasteiger partial charge in [-0.1, -0.05) is 24.3 Å². The molecule has 0 N–H and O–H groups in total. The summed E-state index contributed by atoms with van der Waals surface area (Å²) < 4.78 is 10.0. The molecule has 7 heteroatoms. The molecule has 1 heterocycles. The summed E-state index contributed by atoms with van der Waals surface area (Å²) in [4.78, 5) is 54.3. The minimum Gasteiger partial charge on any atom is -0.469 e. The van der Waals surface area contributed by atoms with Crippen LogP contribution in [0.4, 0.5) is 0 Å². The van der Waals surface area contributed by atoms with Gasteiger partial charge in [0.2, 0.25) is 0 Å². The van der Waals surface area contributed by atoms with Crippen molar-refractivity contribution in [3.05, 3.63) is 35.4 Å². The van der Waals surface area contributed by atoms with Crippen LogP contribution < -0.4 is 0 Å². The number of carbonyl (C=O) groups excluding carboxylic acids is 4. The number of benzene rings is 1. The van der Waals surface area contributed by atoms with Crippen LogP contribution in [-0.2, 0) is 19.1 Å². The van der Waals surface area contributed by atoms with Crippen molar-refractivity contribution in [1.82, 2.24) is 4.90 Å². The lowest BCUT2D eigenvalue weighted by molar-refractivity contribution is -0.162. The molecule has 0 amide bonds. The zero-order valence-corrected chi connectivity index (χ0v) is 16.6. The van der Waals surface area contributed by atoms with Crippen LogP contribution in [0.15, 0.2) is 24.3 Å². The molecule has 5 rings (SSSR count). The number of hydrogen-bond donors (Lipinski definition) is 0. The molecule has 3 aliphatic carbocycles. The van der Waals surface area contributed by atoms with E-state index in [-0.39, 0.29) is 35.2 Å². The van der Waals surface area contributed by atoms with Crippen molar-refractivity contribution in [3.8, 4) is 0 Å². The normalized spacial score (nSPS) is 36.4. The molecule has 3 fully saturated rings. The Kier molecular flexibility index (Phi) is 3.81. The molecule has 7 nitrogen and oxygen atoms in total. The number of rotatable bonds is 2. The van der Waals surface area contributed by atoms with Crippen molar-refractivity contribution in [2.75, 3.05) is 27.8 Å². The van der Waals surface area contributed by atoms with Gasteiger partial charge in [-0.2, -0.15) is 0 Å². The van der Waals surface area contributed by atoms with Gasteiger partial charge in [0, 0.05) is 23.6 Å². The molecule has 1 aromatic carbocycles. The molecular formula is C22H23NO6. The van der Waals surface area contributed by atoms with Gasteiger partial charge in [-0.05, 0) is 31.2 Å². The third-order valence-electron chi connectivity index (χ3n) is 7.95. The smallest absolute Gasteiger partial charge is 0.309 e. The minimum atomic E-state index is -1.29. The summed E-state index contributed by atoms with van der Waals surface area (Å²) >= 11 is 0. The number of ketones is 2. The molecule has 1 saturated heterocycles. The molecule has 4 aliphatic rings. The third kappa shape index (κ3) is 1.96. The lowest BCUT2D eigenvalue weighted by Crippen LogP contribution is -2.58. The second-order valence-corrected chi connectivity index (χ2v) is 8.70. The number of methoxy groups -OCH3 is 2. The van der Waals surface area contributed by atoms with E-state index in [4.69, 9.17) is 9.47 Å². The number of esters is 2. The van der Waals surface area contributed by atoms with Crippen molar-refractivity contribution < 1.29 is 28.7 Å². The highest BCUT2D eigenvalue weighted by molar-refractivity contribution is 6.33. The van der Waals surface area contributed by atoms with E-state index in [0.717, 1.165) is 0 Å². The van der Waals surface area contributed by atoms with E-state index in [0.29, 0.717) is 24.1 Å². The number of likely N-dealkylation sites (N-methyl/N-ethyl adjacent to an activating group) is 1. The van der Waals surface area contributed by atoms with Crippen molar-refractivity contribution >= 4 is 23.5 Å². The fraction of sp³-hybridized carbons (Fsp3) is 0.545. The molecule has 4 unspecified atom stereocenters. The number of Topliss-reactive ketones (excluding diaryl/α,β-unsaturated/α-hetero) is 2. The van der Waals surface area contributed by atoms with E-state index in [1.54, 1.807) is 31.3 Å². The largest absolute Gasteiger partial charge is 0.469 e. The van der Waals surface area contributed by atoms with Crippen LogP contribution in [0.25, 0.3) is 0 Å². The Morgan fingerprint density at radius 3 is 1.97 bits per heavy atom. The quantitative estimate of drug-likeness (QED) is 0.547. The maximum atomic E-state index is 13.6. The average Bonchev–Trinajstić information content (AvgIpc) is 3.43. The van der Waals surface area contributed by atoms with E-state index in [1.165, 1.54) is 14.2 Å². The number of fused-ring (bicyclic) bond motifs is 7. The zero-order chi connectivity index (χ0) is 20.7. The summed E-state index contributed by atoms with van der Waals surface area (Å²) in [5.41, 5.74) is -0.389. The van der Waals surface area contributed by atoms with Crippen LogP contribution in [0.5, 0.6) is 0 Å². The van der Waals surface area contributed by atoms with Crippen molar-refractivity contribution in [2.24, 2.45) is 35.5 Å². The van der Waals surface area contributed by atoms with E-state index >= 15 is 0 Å². The summed E-state index contributed by atoms with van der Waals surface area (Å²) in [6.07, 6.45) is 0.626. The van der Waals surface area contributed by atoms with Crippen molar-refractivity contribution in [1.29, 1.82) is 0 Å². The highest BCUT2D eigenvalue weighted by Crippen LogP contribution is 2.66. The second kappa shape index (κ2) is 5.98. The first kappa shape index (κ1) is 18.5. The number of nitrogens with zero attached hydrogens (tertiary/aromatic N) is 1. The predicted molar refractivity (Wildman–Crippen MR) is 100 cm³/mol. The Labute approximate surface area is 168 Å². The maximum Gasteiger partial charge on any atom is 0.309 e.